The third kappa shape index (κ3) is 4.09. The molecule has 20 heavy (non-hydrogen) atoms. The van der Waals surface area contributed by atoms with Crippen LogP contribution in [0.2, 0.25) is 0 Å². The molecule has 0 heterocycles. The topological polar surface area (TPSA) is 59.6 Å². The van der Waals surface area contributed by atoms with Crippen molar-refractivity contribution >= 4 is 5.91 Å². The molecule has 0 saturated carbocycles. The van der Waals surface area contributed by atoms with Crippen molar-refractivity contribution in [3.8, 4) is 11.5 Å². The van der Waals surface area contributed by atoms with E-state index in [2.05, 4.69) is 10.6 Å². The van der Waals surface area contributed by atoms with Crippen LogP contribution >= 0.6 is 0 Å². The van der Waals surface area contributed by atoms with Gasteiger partial charge >= 0.3 is 0 Å². The van der Waals surface area contributed by atoms with Gasteiger partial charge in [-0.2, -0.15) is 0 Å². The van der Waals surface area contributed by atoms with E-state index in [0.29, 0.717) is 30.0 Å². The lowest BCUT2D eigenvalue weighted by atomic mass is 10.1. The molecule has 1 unspecified atom stereocenters. The fraction of sp³-hybridized carbons (Fsp3) is 0.500. The van der Waals surface area contributed by atoms with Gasteiger partial charge in [0.25, 0.3) is 0 Å². The third-order valence-electron chi connectivity index (χ3n) is 2.95. The molecule has 0 radical (unpaired) electrons. The number of benzene rings is 1. The molecule has 1 amide bonds. The predicted octanol–water partition coefficient (Wildman–Crippen LogP) is 1.63. The first-order valence-electron chi connectivity index (χ1n) is 6.38. The van der Waals surface area contributed by atoms with Gasteiger partial charge in [-0.3, -0.25) is 4.79 Å². The van der Waals surface area contributed by atoms with Crippen LogP contribution in [0.4, 0.5) is 4.39 Å². The second kappa shape index (κ2) is 7.69. The molecule has 0 aromatic heterocycles. The average Bonchev–Trinajstić information content (AvgIpc) is 2.44. The van der Waals surface area contributed by atoms with Gasteiger partial charge in [-0.05, 0) is 20.0 Å². The van der Waals surface area contributed by atoms with Crippen LogP contribution < -0.4 is 20.1 Å². The largest absolute Gasteiger partial charge is 0.493 e. The number of carbonyl (C=O) groups is 1. The standard InChI is InChI=1S/C14H21FN2O3/c1-9(17-14(18)5-6-16-2)10-7-12(19-3)13(20-4)8-11(10)15/h7-9,16H,5-6H2,1-4H3,(H,17,18). The molecule has 0 saturated heterocycles. The third-order valence-corrected chi connectivity index (χ3v) is 2.95. The van der Waals surface area contributed by atoms with E-state index < -0.39 is 11.9 Å². The number of hydrogen-bond acceptors (Lipinski definition) is 4. The highest BCUT2D eigenvalue weighted by molar-refractivity contribution is 5.76. The van der Waals surface area contributed by atoms with Crippen molar-refractivity contribution in [3.05, 3.63) is 23.5 Å². The van der Waals surface area contributed by atoms with E-state index in [1.165, 1.54) is 26.4 Å². The summed E-state index contributed by atoms with van der Waals surface area (Å²) in [5, 5.41) is 5.63. The molecule has 0 bridgehead atoms. The maximum absolute atomic E-state index is 14.0. The Morgan fingerprint density at radius 3 is 2.45 bits per heavy atom. The zero-order chi connectivity index (χ0) is 15.1. The summed E-state index contributed by atoms with van der Waals surface area (Å²) in [6, 6.07) is 2.35. The van der Waals surface area contributed by atoms with Gasteiger partial charge in [0.05, 0.1) is 20.3 Å². The fourth-order valence-electron chi connectivity index (χ4n) is 1.83. The van der Waals surface area contributed by atoms with Crippen LogP contribution in [-0.4, -0.2) is 33.7 Å². The van der Waals surface area contributed by atoms with Crippen molar-refractivity contribution < 1.29 is 18.7 Å². The van der Waals surface area contributed by atoms with Crippen molar-refractivity contribution in [1.29, 1.82) is 0 Å². The number of ether oxygens (including phenoxy) is 2. The van der Waals surface area contributed by atoms with Crippen LogP contribution in [0, 0.1) is 5.82 Å². The Morgan fingerprint density at radius 1 is 1.30 bits per heavy atom. The highest BCUT2D eigenvalue weighted by Crippen LogP contribution is 2.32. The van der Waals surface area contributed by atoms with Crippen molar-refractivity contribution in [3.63, 3.8) is 0 Å². The smallest absolute Gasteiger partial charge is 0.221 e. The summed E-state index contributed by atoms with van der Waals surface area (Å²) >= 11 is 0. The minimum absolute atomic E-state index is 0.138. The van der Waals surface area contributed by atoms with E-state index >= 15 is 0 Å². The van der Waals surface area contributed by atoms with Crippen molar-refractivity contribution in [1.82, 2.24) is 10.6 Å². The Morgan fingerprint density at radius 2 is 1.90 bits per heavy atom. The molecule has 112 valence electrons. The maximum atomic E-state index is 14.0. The van der Waals surface area contributed by atoms with Gasteiger partial charge in [-0.15, -0.1) is 0 Å². The summed E-state index contributed by atoms with van der Waals surface area (Å²) in [4.78, 5) is 11.6. The second-order valence-electron chi connectivity index (χ2n) is 4.37. The molecule has 5 nitrogen and oxygen atoms in total. The highest BCUT2D eigenvalue weighted by atomic mass is 19.1. The lowest BCUT2D eigenvalue weighted by molar-refractivity contribution is -0.121. The van der Waals surface area contributed by atoms with Crippen LogP contribution in [0.5, 0.6) is 11.5 Å². The van der Waals surface area contributed by atoms with Gasteiger partial charge in [-0.1, -0.05) is 0 Å². The van der Waals surface area contributed by atoms with Gasteiger partial charge < -0.3 is 20.1 Å². The molecule has 0 spiro atoms. The first-order valence-corrected chi connectivity index (χ1v) is 6.38. The van der Waals surface area contributed by atoms with Crippen LogP contribution in [0.25, 0.3) is 0 Å². The Bertz CT molecular complexity index is 466. The molecular formula is C14H21FN2O3. The van der Waals surface area contributed by atoms with Crippen molar-refractivity contribution in [2.75, 3.05) is 27.8 Å². The number of methoxy groups -OCH3 is 2. The summed E-state index contributed by atoms with van der Waals surface area (Å²) in [7, 11) is 4.69. The number of hydrogen-bond donors (Lipinski definition) is 2. The second-order valence-corrected chi connectivity index (χ2v) is 4.37. The van der Waals surface area contributed by atoms with Crippen LogP contribution in [0.15, 0.2) is 12.1 Å². The zero-order valence-corrected chi connectivity index (χ0v) is 12.2. The summed E-state index contributed by atoms with van der Waals surface area (Å²) in [6.45, 7) is 2.30. The number of carbonyl (C=O) groups excluding carboxylic acids is 1. The van der Waals surface area contributed by atoms with E-state index in [1.807, 2.05) is 0 Å². The van der Waals surface area contributed by atoms with Gasteiger partial charge in [-0.25, -0.2) is 4.39 Å². The molecule has 1 rings (SSSR count). The van der Waals surface area contributed by atoms with Gasteiger partial charge in [0.15, 0.2) is 11.5 Å². The molecule has 6 heteroatoms. The molecule has 0 aliphatic rings. The Balaban J connectivity index is 2.87. The fourth-order valence-corrected chi connectivity index (χ4v) is 1.83. The molecule has 1 aromatic rings. The minimum atomic E-state index is -0.445. The Hall–Kier alpha value is -1.82. The molecule has 0 fully saturated rings. The van der Waals surface area contributed by atoms with Crippen LogP contribution in [0.1, 0.15) is 24.9 Å². The molecule has 0 aliphatic heterocycles. The summed E-state index contributed by atoms with van der Waals surface area (Å²) in [6.07, 6.45) is 0.343. The minimum Gasteiger partial charge on any atom is -0.493 e. The summed E-state index contributed by atoms with van der Waals surface area (Å²) in [5.41, 5.74) is 0.362. The van der Waals surface area contributed by atoms with Gasteiger partial charge in [0, 0.05) is 24.6 Å². The lowest BCUT2D eigenvalue weighted by Gasteiger charge is -2.17. The predicted molar refractivity (Wildman–Crippen MR) is 74.6 cm³/mol. The maximum Gasteiger partial charge on any atom is 0.221 e. The first-order chi connectivity index (χ1) is 9.53. The molecule has 2 N–H and O–H groups in total. The van der Waals surface area contributed by atoms with E-state index in [9.17, 15) is 9.18 Å². The average molecular weight is 284 g/mol. The van der Waals surface area contributed by atoms with Crippen molar-refractivity contribution in [2.45, 2.75) is 19.4 Å². The highest BCUT2D eigenvalue weighted by Gasteiger charge is 2.17. The monoisotopic (exact) mass is 284 g/mol. The van der Waals surface area contributed by atoms with E-state index in [-0.39, 0.29) is 5.91 Å². The van der Waals surface area contributed by atoms with E-state index in [1.54, 1.807) is 14.0 Å². The van der Waals surface area contributed by atoms with Gasteiger partial charge in [0.2, 0.25) is 5.91 Å². The Kier molecular flexibility index (Phi) is 6.24. The molecular weight excluding hydrogens is 263 g/mol. The number of halogens is 1. The van der Waals surface area contributed by atoms with Crippen LogP contribution in [-0.2, 0) is 4.79 Å². The number of amides is 1. The normalized spacial score (nSPS) is 11.8. The summed E-state index contributed by atoms with van der Waals surface area (Å²) in [5.74, 6) is 0.174. The number of nitrogens with one attached hydrogen (secondary N) is 2. The first kappa shape index (κ1) is 16.2. The Labute approximate surface area is 118 Å². The molecule has 1 atom stereocenters. The molecule has 0 aliphatic carbocycles. The van der Waals surface area contributed by atoms with Gasteiger partial charge in [0.1, 0.15) is 5.82 Å². The quantitative estimate of drug-likeness (QED) is 0.799. The van der Waals surface area contributed by atoms with E-state index in [0.717, 1.165) is 0 Å². The van der Waals surface area contributed by atoms with E-state index in [4.69, 9.17) is 9.47 Å². The lowest BCUT2D eigenvalue weighted by Crippen LogP contribution is -2.29. The van der Waals surface area contributed by atoms with Crippen molar-refractivity contribution in [2.24, 2.45) is 0 Å². The number of rotatable bonds is 7. The molecule has 1 aromatic carbocycles. The van der Waals surface area contributed by atoms with Crippen LogP contribution in [0.3, 0.4) is 0 Å². The summed E-state index contributed by atoms with van der Waals surface area (Å²) < 4.78 is 24.2. The SMILES string of the molecule is CNCCC(=O)NC(C)c1cc(OC)c(OC)cc1F. The zero-order valence-electron chi connectivity index (χ0n) is 12.2.